The van der Waals surface area contributed by atoms with Crippen LogP contribution in [0.1, 0.15) is 24.8 Å². The molecule has 6 heteroatoms. The number of likely N-dealkylation sites (tertiary alicyclic amines) is 1. The van der Waals surface area contributed by atoms with E-state index < -0.39 is 11.7 Å². The molecule has 0 aromatic heterocycles. The molecule has 1 aliphatic heterocycles. The molecule has 0 unspecified atom stereocenters. The summed E-state index contributed by atoms with van der Waals surface area (Å²) < 4.78 is 38.6. The van der Waals surface area contributed by atoms with Gasteiger partial charge in [0.05, 0.1) is 16.3 Å². The molecule has 1 aromatic carbocycles. The van der Waals surface area contributed by atoms with Crippen molar-refractivity contribution in [1.29, 1.82) is 0 Å². The maximum atomic E-state index is 12.9. The summed E-state index contributed by atoms with van der Waals surface area (Å²) in [6.45, 7) is 3.60. The van der Waals surface area contributed by atoms with Gasteiger partial charge in [0, 0.05) is 6.54 Å². The standard InChI is InChI=1S/C14H18ClF3N2/c15-12-6-3-5-11(14(16,17)18)13(12)19-7-4-10-20-8-1-2-9-20/h3,5-6,19H,1-2,4,7-10H2. The second-order valence-corrected chi connectivity index (χ2v) is 5.40. The Hall–Kier alpha value is -0.940. The fraction of sp³-hybridized carbons (Fsp3) is 0.571. The Bertz CT molecular complexity index is 443. The Morgan fingerprint density at radius 2 is 1.90 bits per heavy atom. The minimum absolute atomic E-state index is 0.0110. The predicted molar refractivity (Wildman–Crippen MR) is 75.2 cm³/mol. The maximum absolute atomic E-state index is 12.9. The summed E-state index contributed by atoms with van der Waals surface area (Å²) in [5.41, 5.74) is -0.714. The monoisotopic (exact) mass is 306 g/mol. The van der Waals surface area contributed by atoms with Crippen LogP contribution < -0.4 is 5.32 Å². The van der Waals surface area contributed by atoms with Gasteiger partial charge in [-0.25, -0.2) is 0 Å². The summed E-state index contributed by atoms with van der Waals surface area (Å²) >= 11 is 5.87. The molecule has 1 N–H and O–H groups in total. The molecule has 2 rings (SSSR count). The highest BCUT2D eigenvalue weighted by atomic mass is 35.5. The van der Waals surface area contributed by atoms with Crippen LogP contribution in [0.5, 0.6) is 0 Å². The SMILES string of the molecule is FC(F)(F)c1cccc(Cl)c1NCCCN1CCCC1. The third kappa shape index (κ3) is 4.03. The molecule has 1 aliphatic rings. The van der Waals surface area contributed by atoms with E-state index in [2.05, 4.69) is 10.2 Å². The first-order valence-electron chi connectivity index (χ1n) is 6.80. The fourth-order valence-corrected chi connectivity index (χ4v) is 2.70. The van der Waals surface area contributed by atoms with E-state index in [1.54, 1.807) is 0 Å². The molecule has 0 spiro atoms. The van der Waals surface area contributed by atoms with Gasteiger partial charge in [-0.15, -0.1) is 0 Å². The average molecular weight is 307 g/mol. The third-order valence-corrected chi connectivity index (χ3v) is 3.79. The molecule has 0 saturated carbocycles. The van der Waals surface area contributed by atoms with Gasteiger partial charge in [0.25, 0.3) is 0 Å². The molecule has 1 aromatic rings. The summed E-state index contributed by atoms with van der Waals surface area (Å²) in [4.78, 5) is 2.33. The van der Waals surface area contributed by atoms with Crippen molar-refractivity contribution in [2.24, 2.45) is 0 Å². The lowest BCUT2D eigenvalue weighted by Gasteiger charge is -2.18. The Morgan fingerprint density at radius 3 is 2.55 bits per heavy atom. The zero-order valence-corrected chi connectivity index (χ0v) is 11.9. The largest absolute Gasteiger partial charge is 0.418 e. The van der Waals surface area contributed by atoms with E-state index in [1.165, 1.54) is 25.0 Å². The number of alkyl halides is 3. The van der Waals surface area contributed by atoms with Crippen LogP contribution in [0.25, 0.3) is 0 Å². The normalized spacial score (nSPS) is 16.6. The van der Waals surface area contributed by atoms with Gasteiger partial charge in [0.15, 0.2) is 0 Å². The Morgan fingerprint density at radius 1 is 1.20 bits per heavy atom. The number of anilines is 1. The van der Waals surface area contributed by atoms with E-state index in [0.29, 0.717) is 6.54 Å². The number of benzene rings is 1. The van der Waals surface area contributed by atoms with Crippen LogP contribution in [-0.2, 0) is 6.18 Å². The van der Waals surface area contributed by atoms with Gasteiger partial charge >= 0.3 is 6.18 Å². The zero-order valence-electron chi connectivity index (χ0n) is 11.1. The van der Waals surface area contributed by atoms with Gasteiger partial charge in [0.2, 0.25) is 0 Å². The van der Waals surface area contributed by atoms with Crippen molar-refractivity contribution in [3.8, 4) is 0 Å². The van der Waals surface area contributed by atoms with Crippen molar-refractivity contribution in [1.82, 2.24) is 4.90 Å². The number of nitrogens with one attached hydrogen (secondary N) is 1. The molecule has 1 fully saturated rings. The quantitative estimate of drug-likeness (QED) is 0.818. The van der Waals surface area contributed by atoms with Crippen molar-refractivity contribution in [3.05, 3.63) is 28.8 Å². The van der Waals surface area contributed by atoms with Crippen molar-refractivity contribution >= 4 is 17.3 Å². The smallest absolute Gasteiger partial charge is 0.383 e. The molecule has 2 nitrogen and oxygen atoms in total. The molecule has 112 valence electrons. The number of para-hydroxylation sites is 1. The Labute approximate surface area is 121 Å². The van der Waals surface area contributed by atoms with Gasteiger partial charge in [-0.1, -0.05) is 17.7 Å². The van der Waals surface area contributed by atoms with Crippen molar-refractivity contribution in [2.45, 2.75) is 25.4 Å². The first-order valence-corrected chi connectivity index (χ1v) is 7.18. The van der Waals surface area contributed by atoms with Crippen LogP contribution >= 0.6 is 11.6 Å². The highest BCUT2D eigenvalue weighted by molar-refractivity contribution is 6.33. The molecular formula is C14H18ClF3N2. The minimum Gasteiger partial charge on any atom is -0.383 e. The minimum atomic E-state index is -4.39. The van der Waals surface area contributed by atoms with E-state index >= 15 is 0 Å². The zero-order chi connectivity index (χ0) is 14.6. The van der Waals surface area contributed by atoms with Gasteiger partial charge in [-0.2, -0.15) is 13.2 Å². The molecule has 0 atom stereocenters. The van der Waals surface area contributed by atoms with E-state index in [-0.39, 0.29) is 10.7 Å². The van der Waals surface area contributed by atoms with Gasteiger partial charge < -0.3 is 10.2 Å². The Kier molecular flexibility index (Phi) is 5.16. The lowest BCUT2D eigenvalue weighted by molar-refractivity contribution is -0.136. The van der Waals surface area contributed by atoms with Crippen molar-refractivity contribution < 1.29 is 13.2 Å². The summed E-state index contributed by atoms with van der Waals surface area (Å²) in [6.07, 6.45) is -1.14. The molecule has 0 radical (unpaired) electrons. The number of nitrogens with zero attached hydrogens (tertiary/aromatic N) is 1. The first-order chi connectivity index (χ1) is 9.48. The number of halogens is 4. The van der Waals surface area contributed by atoms with Crippen LogP contribution in [0.15, 0.2) is 18.2 Å². The van der Waals surface area contributed by atoms with E-state index in [0.717, 1.165) is 32.1 Å². The van der Waals surface area contributed by atoms with Crippen molar-refractivity contribution in [2.75, 3.05) is 31.5 Å². The highest BCUT2D eigenvalue weighted by Gasteiger charge is 2.34. The second kappa shape index (κ2) is 6.68. The summed E-state index contributed by atoms with van der Waals surface area (Å²) in [5.74, 6) is 0. The third-order valence-electron chi connectivity index (χ3n) is 3.47. The first kappa shape index (κ1) is 15.4. The lowest BCUT2D eigenvalue weighted by atomic mass is 10.1. The summed E-state index contributed by atoms with van der Waals surface area (Å²) in [5, 5.41) is 2.95. The van der Waals surface area contributed by atoms with Crippen LogP contribution in [0.3, 0.4) is 0 Å². The van der Waals surface area contributed by atoms with Gasteiger partial charge in [0.1, 0.15) is 0 Å². The van der Waals surface area contributed by atoms with Gasteiger partial charge in [-0.05, 0) is 51.0 Å². The van der Waals surface area contributed by atoms with Crippen LogP contribution in [0.4, 0.5) is 18.9 Å². The van der Waals surface area contributed by atoms with E-state index in [4.69, 9.17) is 11.6 Å². The fourth-order valence-electron chi connectivity index (χ4n) is 2.46. The molecule has 0 amide bonds. The average Bonchev–Trinajstić information content (AvgIpc) is 2.88. The second-order valence-electron chi connectivity index (χ2n) is 4.99. The predicted octanol–water partition coefficient (Wildman–Crippen LogP) is 4.26. The molecule has 1 saturated heterocycles. The van der Waals surface area contributed by atoms with Crippen molar-refractivity contribution in [3.63, 3.8) is 0 Å². The number of rotatable bonds is 5. The highest BCUT2D eigenvalue weighted by Crippen LogP contribution is 2.38. The summed E-state index contributed by atoms with van der Waals surface area (Å²) in [6, 6.07) is 3.84. The lowest BCUT2D eigenvalue weighted by Crippen LogP contribution is -2.22. The van der Waals surface area contributed by atoms with Crippen LogP contribution in [0.2, 0.25) is 5.02 Å². The molecule has 20 heavy (non-hydrogen) atoms. The Balaban J connectivity index is 1.91. The maximum Gasteiger partial charge on any atom is 0.418 e. The van der Waals surface area contributed by atoms with E-state index in [9.17, 15) is 13.2 Å². The molecule has 1 heterocycles. The topological polar surface area (TPSA) is 15.3 Å². The molecule has 0 bridgehead atoms. The van der Waals surface area contributed by atoms with Crippen LogP contribution in [-0.4, -0.2) is 31.1 Å². The number of hydrogen-bond donors (Lipinski definition) is 1. The van der Waals surface area contributed by atoms with Gasteiger partial charge in [-0.3, -0.25) is 0 Å². The van der Waals surface area contributed by atoms with E-state index in [1.807, 2.05) is 0 Å². The molecule has 0 aliphatic carbocycles. The number of hydrogen-bond acceptors (Lipinski definition) is 2. The van der Waals surface area contributed by atoms with Crippen LogP contribution in [0, 0.1) is 0 Å². The summed E-state index contributed by atoms with van der Waals surface area (Å²) in [7, 11) is 0. The molecular weight excluding hydrogens is 289 g/mol.